The van der Waals surface area contributed by atoms with Crippen molar-refractivity contribution < 1.29 is 19.1 Å². The summed E-state index contributed by atoms with van der Waals surface area (Å²) in [6.07, 6.45) is -0.0708. The topological polar surface area (TPSA) is 90.5 Å². The molecule has 0 aromatic heterocycles. The molecule has 2 unspecified atom stereocenters. The Labute approximate surface area is 150 Å². The molecular weight excluding hydrogens is 337 g/mol. The molecule has 1 heterocycles. The van der Waals surface area contributed by atoms with Crippen molar-refractivity contribution >= 4 is 17.5 Å². The van der Waals surface area contributed by atoms with Crippen LogP contribution in [-0.4, -0.2) is 35.6 Å². The van der Waals surface area contributed by atoms with Crippen molar-refractivity contribution in [2.45, 2.75) is 25.1 Å². The molecule has 1 saturated heterocycles. The molecule has 1 fully saturated rings. The lowest BCUT2D eigenvalue weighted by molar-refractivity contribution is -0.123. The first-order chi connectivity index (χ1) is 12.5. The minimum Gasteiger partial charge on any atom is -0.392 e. The van der Waals surface area contributed by atoms with Crippen LogP contribution in [0, 0.1) is 5.82 Å². The van der Waals surface area contributed by atoms with Crippen LogP contribution in [0.1, 0.15) is 22.3 Å². The first-order valence-corrected chi connectivity index (χ1v) is 8.36. The predicted molar refractivity (Wildman–Crippen MR) is 95.1 cm³/mol. The number of carbonyl (C=O) groups excluding carboxylic acids is 2. The van der Waals surface area contributed by atoms with Gasteiger partial charge in [0.2, 0.25) is 5.91 Å². The normalized spacial score (nSPS) is 19.2. The van der Waals surface area contributed by atoms with Crippen LogP contribution >= 0.6 is 0 Å². The third kappa shape index (κ3) is 4.65. The molecule has 0 spiro atoms. The Morgan fingerprint density at radius 1 is 1.12 bits per heavy atom. The van der Waals surface area contributed by atoms with Crippen LogP contribution in [0.2, 0.25) is 0 Å². The van der Waals surface area contributed by atoms with E-state index in [1.807, 2.05) is 0 Å². The lowest BCUT2D eigenvalue weighted by atomic mass is 10.1. The maximum atomic E-state index is 12.9. The standard InChI is InChI=1S/C19H20FN3O3/c20-14-5-7-15(8-6-14)23-18(25)13-3-1-12(2-4-13)10-22-19(26)17-9-16(24)11-21-17/h1-8,16-17,21,24H,9-11H2,(H,22,26)(H,23,25). The number of rotatable bonds is 5. The van der Waals surface area contributed by atoms with Gasteiger partial charge in [0.1, 0.15) is 5.82 Å². The van der Waals surface area contributed by atoms with E-state index < -0.39 is 6.10 Å². The molecule has 1 aliphatic rings. The summed E-state index contributed by atoms with van der Waals surface area (Å²) in [6, 6.07) is 12.0. The summed E-state index contributed by atoms with van der Waals surface area (Å²) in [5.74, 6) is -0.812. The first kappa shape index (κ1) is 18.0. The summed E-state index contributed by atoms with van der Waals surface area (Å²) < 4.78 is 12.9. The van der Waals surface area contributed by atoms with Crippen LogP contribution in [0.5, 0.6) is 0 Å². The van der Waals surface area contributed by atoms with Crippen LogP contribution in [0.3, 0.4) is 0 Å². The molecule has 4 N–H and O–H groups in total. The molecule has 0 aliphatic carbocycles. The molecule has 2 aromatic carbocycles. The zero-order chi connectivity index (χ0) is 18.5. The van der Waals surface area contributed by atoms with E-state index >= 15 is 0 Å². The molecule has 2 atom stereocenters. The number of hydrogen-bond donors (Lipinski definition) is 4. The van der Waals surface area contributed by atoms with Crippen LogP contribution in [0.25, 0.3) is 0 Å². The second kappa shape index (κ2) is 8.07. The van der Waals surface area contributed by atoms with Gasteiger partial charge in [-0.05, 0) is 48.4 Å². The largest absolute Gasteiger partial charge is 0.392 e. The van der Waals surface area contributed by atoms with Crippen molar-refractivity contribution in [3.63, 3.8) is 0 Å². The van der Waals surface area contributed by atoms with Crippen molar-refractivity contribution in [3.8, 4) is 0 Å². The van der Waals surface area contributed by atoms with Crippen LogP contribution in [0.15, 0.2) is 48.5 Å². The molecule has 7 heteroatoms. The maximum Gasteiger partial charge on any atom is 0.255 e. The van der Waals surface area contributed by atoms with E-state index in [0.717, 1.165) is 5.56 Å². The second-order valence-electron chi connectivity index (χ2n) is 6.23. The molecule has 1 aliphatic heterocycles. The highest BCUT2D eigenvalue weighted by Crippen LogP contribution is 2.12. The fourth-order valence-corrected chi connectivity index (χ4v) is 2.74. The smallest absolute Gasteiger partial charge is 0.255 e. The molecule has 2 aromatic rings. The van der Waals surface area contributed by atoms with E-state index in [0.29, 0.717) is 30.8 Å². The van der Waals surface area contributed by atoms with Gasteiger partial charge >= 0.3 is 0 Å². The van der Waals surface area contributed by atoms with Gasteiger partial charge in [0.15, 0.2) is 0 Å². The molecule has 0 saturated carbocycles. The van der Waals surface area contributed by atoms with Crippen LogP contribution < -0.4 is 16.0 Å². The number of aliphatic hydroxyl groups is 1. The van der Waals surface area contributed by atoms with Gasteiger partial charge in [-0.1, -0.05) is 12.1 Å². The van der Waals surface area contributed by atoms with Gasteiger partial charge < -0.3 is 21.1 Å². The van der Waals surface area contributed by atoms with Crippen molar-refractivity contribution in [2.75, 3.05) is 11.9 Å². The van der Waals surface area contributed by atoms with Gasteiger partial charge in [-0.25, -0.2) is 4.39 Å². The Kier molecular flexibility index (Phi) is 5.60. The van der Waals surface area contributed by atoms with Crippen LogP contribution in [-0.2, 0) is 11.3 Å². The lowest BCUT2D eigenvalue weighted by Crippen LogP contribution is -2.40. The Morgan fingerprint density at radius 2 is 1.81 bits per heavy atom. The summed E-state index contributed by atoms with van der Waals surface area (Å²) in [7, 11) is 0. The van der Waals surface area contributed by atoms with E-state index in [9.17, 15) is 19.1 Å². The predicted octanol–water partition coefficient (Wildman–Crippen LogP) is 1.42. The van der Waals surface area contributed by atoms with E-state index in [2.05, 4.69) is 16.0 Å². The number of hydrogen-bond acceptors (Lipinski definition) is 4. The first-order valence-electron chi connectivity index (χ1n) is 8.36. The quantitative estimate of drug-likeness (QED) is 0.651. The molecule has 0 bridgehead atoms. The molecule has 6 nitrogen and oxygen atoms in total. The minimum absolute atomic E-state index is 0.153. The number of aliphatic hydroxyl groups excluding tert-OH is 1. The SMILES string of the molecule is O=C(Nc1ccc(F)cc1)c1ccc(CNC(=O)C2CC(O)CN2)cc1. The van der Waals surface area contributed by atoms with Crippen LogP contribution in [0.4, 0.5) is 10.1 Å². The van der Waals surface area contributed by atoms with E-state index in [1.54, 1.807) is 24.3 Å². The number of anilines is 1. The zero-order valence-electron chi connectivity index (χ0n) is 14.0. The number of carbonyl (C=O) groups is 2. The number of halogens is 1. The number of β-amino-alcohol motifs (C(OH)–C–C–N with tert-alkyl or cyclic N) is 1. The Morgan fingerprint density at radius 3 is 2.42 bits per heavy atom. The average molecular weight is 357 g/mol. The summed E-state index contributed by atoms with van der Waals surface area (Å²) in [4.78, 5) is 24.2. The highest BCUT2D eigenvalue weighted by Gasteiger charge is 2.27. The number of amides is 2. The van der Waals surface area contributed by atoms with E-state index in [4.69, 9.17) is 0 Å². The zero-order valence-corrected chi connectivity index (χ0v) is 14.0. The summed E-state index contributed by atoms with van der Waals surface area (Å²) in [5, 5.41) is 17.9. The van der Waals surface area contributed by atoms with Gasteiger partial charge in [-0.15, -0.1) is 0 Å². The fraction of sp³-hybridized carbons (Fsp3) is 0.263. The number of nitrogens with one attached hydrogen (secondary N) is 3. The van der Waals surface area contributed by atoms with Crippen molar-refractivity contribution in [1.82, 2.24) is 10.6 Å². The van der Waals surface area contributed by atoms with Gasteiger partial charge in [0, 0.05) is 24.3 Å². The third-order valence-corrected chi connectivity index (χ3v) is 4.21. The highest BCUT2D eigenvalue weighted by molar-refractivity contribution is 6.04. The van der Waals surface area contributed by atoms with Gasteiger partial charge in [0.25, 0.3) is 5.91 Å². The number of benzene rings is 2. The Hall–Kier alpha value is -2.77. The second-order valence-corrected chi connectivity index (χ2v) is 6.23. The summed E-state index contributed by atoms with van der Waals surface area (Å²) in [6.45, 7) is 0.767. The molecular formula is C19H20FN3O3. The summed E-state index contributed by atoms with van der Waals surface area (Å²) >= 11 is 0. The van der Waals surface area contributed by atoms with Crippen molar-refractivity contribution in [2.24, 2.45) is 0 Å². The third-order valence-electron chi connectivity index (χ3n) is 4.21. The maximum absolute atomic E-state index is 12.9. The summed E-state index contributed by atoms with van der Waals surface area (Å²) in [5.41, 5.74) is 1.83. The van der Waals surface area contributed by atoms with Gasteiger partial charge in [0.05, 0.1) is 12.1 Å². The Bertz CT molecular complexity index is 778. The van der Waals surface area contributed by atoms with Crippen molar-refractivity contribution in [1.29, 1.82) is 0 Å². The molecule has 26 heavy (non-hydrogen) atoms. The molecule has 0 radical (unpaired) electrons. The lowest BCUT2D eigenvalue weighted by Gasteiger charge is -2.11. The Balaban J connectivity index is 1.52. The molecule has 3 rings (SSSR count). The molecule has 2 amide bonds. The fourth-order valence-electron chi connectivity index (χ4n) is 2.74. The monoisotopic (exact) mass is 357 g/mol. The van der Waals surface area contributed by atoms with Gasteiger partial charge in [-0.3, -0.25) is 9.59 Å². The van der Waals surface area contributed by atoms with Crippen molar-refractivity contribution in [3.05, 3.63) is 65.5 Å². The van der Waals surface area contributed by atoms with E-state index in [-0.39, 0.29) is 23.7 Å². The van der Waals surface area contributed by atoms with E-state index in [1.165, 1.54) is 24.3 Å². The minimum atomic E-state index is -0.482. The highest BCUT2D eigenvalue weighted by atomic mass is 19.1. The molecule has 136 valence electrons. The van der Waals surface area contributed by atoms with Gasteiger partial charge in [-0.2, -0.15) is 0 Å². The average Bonchev–Trinajstić information content (AvgIpc) is 3.08.